The predicted molar refractivity (Wildman–Crippen MR) is 77.1 cm³/mol. The number of carbonyl (C=O) groups is 1. The lowest BCUT2D eigenvalue weighted by atomic mass is 10.1. The molecule has 0 spiro atoms. The highest BCUT2D eigenvalue weighted by Crippen LogP contribution is 2.23. The molecule has 0 saturated carbocycles. The molecule has 5 N–H and O–H groups in total. The first kappa shape index (κ1) is 15.3. The fraction of sp³-hybridized carbons (Fsp3) is 0.500. The zero-order chi connectivity index (χ0) is 14.3. The van der Waals surface area contributed by atoms with Crippen LogP contribution >= 0.6 is 0 Å². The number of nitrogens with one attached hydrogen (secondary N) is 1. The number of amides is 1. The van der Waals surface area contributed by atoms with Gasteiger partial charge in [-0.05, 0) is 56.5 Å². The van der Waals surface area contributed by atoms with Crippen LogP contribution in [0.4, 0.5) is 5.69 Å². The maximum Gasteiger partial charge on any atom is 0.257 e. The molecule has 19 heavy (non-hydrogen) atoms. The third kappa shape index (κ3) is 5.18. The van der Waals surface area contributed by atoms with Crippen LogP contribution in [-0.4, -0.2) is 25.6 Å². The van der Waals surface area contributed by atoms with Crippen LogP contribution in [0.2, 0.25) is 0 Å². The number of nitrogen functional groups attached to an aromatic ring is 1. The Morgan fingerprint density at radius 3 is 2.47 bits per heavy atom. The summed E-state index contributed by atoms with van der Waals surface area (Å²) in [4.78, 5) is 11.5. The van der Waals surface area contributed by atoms with Crippen molar-refractivity contribution in [2.75, 3.05) is 25.4 Å². The van der Waals surface area contributed by atoms with Gasteiger partial charge in [-0.3, -0.25) is 4.79 Å². The zero-order valence-electron chi connectivity index (χ0n) is 11.7. The number of ether oxygens (including phenoxy) is 1. The van der Waals surface area contributed by atoms with Crippen LogP contribution in [0.3, 0.4) is 0 Å². The second-order valence-corrected chi connectivity index (χ2v) is 4.61. The van der Waals surface area contributed by atoms with Crippen LogP contribution in [0.5, 0.6) is 5.75 Å². The van der Waals surface area contributed by atoms with Crippen molar-refractivity contribution in [3.8, 4) is 5.75 Å². The molecule has 1 rings (SSSR count). The van der Waals surface area contributed by atoms with Crippen molar-refractivity contribution in [1.82, 2.24) is 5.32 Å². The van der Waals surface area contributed by atoms with E-state index in [0.29, 0.717) is 18.8 Å². The number of aryl methyl sites for hydroxylation is 2. The maximum atomic E-state index is 11.5. The summed E-state index contributed by atoms with van der Waals surface area (Å²) in [5, 5.41) is 2.78. The fourth-order valence-electron chi connectivity index (χ4n) is 1.72. The summed E-state index contributed by atoms with van der Waals surface area (Å²) in [6, 6.07) is 3.67. The average molecular weight is 265 g/mol. The first-order valence-corrected chi connectivity index (χ1v) is 6.51. The number of anilines is 1. The van der Waals surface area contributed by atoms with Crippen molar-refractivity contribution >= 4 is 11.6 Å². The summed E-state index contributed by atoms with van der Waals surface area (Å²) in [7, 11) is 0. The Morgan fingerprint density at radius 1 is 1.26 bits per heavy atom. The van der Waals surface area contributed by atoms with E-state index in [1.807, 2.05) is 26.0 Å². The summed E-state index contributed by atoms with van der Waals surface area (Å²) in [6.07, 6.45) is 1.81. The largest absolute Gasteiger partial charge is 0.484 e. The molecular formula is C14H23N3O2. The predicted octanol–water partition coefficient (Wildman–Crippen LogP) is 1.12. The number of hydrogen-bond donors (Lipinski definition) is 3. The molecule has 0 aromatic heterocycles. The van der Waals surface area contributed by atoms with Gasteiger partial charge in [0, 0.05) is 12.2 Å². The van der Waals surface area contributed by atoms with Crippen LogP contribution < -0.4 is 21.5 Å². The first-order valence-electron chi connectivity index (χ1n) is 6.51. The van der Waals surface area contributed by atoms with E-state index in [0.717, 1.165) is 29.7 Å². The van der Waals surface area contributed by atoms with Crippen LogP contribution in [0.15, 0.2) is 12.1 Å². The first-order chi connectivity index (χ1) is 9.04. The van der Waals surface area contributed by atoms with E-state index in [1.165, 1.54) is 0 Å². The van der Waals surface area contributed by atoms with Gasteiger partial charge in [0.15, 0.2) is 6.61 Å². The van der Waals surface area contributed by atoms with Crippen LogP contribution in [0.25, 0.3) is 0 Å². The normalized spacial score (nSPS) is 10.3. The Hall–Kier alpha value is -1.75. The molecule has 106 valence electrons. The van der Waals surface area contributed by atoms with E-state index in [4.69, 9.17) is 16.2 Å². The van der Waals surface area contributed by atoms with Crippen molar-refractivity contribution in [2.24, 2.45) is 5.73 Å². The Kier molecular flexibility index (Phi) is 6.15. The van der Waals surface area contributed by atoms with Gasteiger partial charge in [0.1, 0.15) is 5.75 Å². The standard InChI is InChI=1S/C14H23N3O2/c1-10-7-12(8-11(2)14(10)16)19-9-13(18)17-6-4-3-5-15/h7-8H,3-6,9,15-16H2,1-2H3,(H,17,18). The molecule has 0 saturated heterocycles. The molecule has 0 aliphatic heterocycles. The Balaban J connectivity index is 2.38. The summed E-state index contributed by atoms with van der Waals surface area (Å²) < 4.78 is 5.45. The minimum absolute atomic E-state index is 0.0193. The summed E-state index contributed by atoms with van der Waals surface area (Å²) >= 11 is 0. The van der Waals surface area contributed by atoms with Gasteiger partial charge in [-0.25, -0.2) is 0 Å². The number of rotatable bonds is 7. The third-order valence-electron chi connectivity index (χ3n) is 2.89. The van der Waals surface area contributed by atoms with Gasteiger partial charge in [-0.15, -0.1) is 0 Å². The van der Waals surface area contributed by atoms with E-state index in [1.54, 1.807) is 0 Å². The third-order valence-corrected chi connectivity index (χ3v) is 2.89. The minimum atomic E-state index is -0.121. The Bertz CT molecular complexity index is 410. The molecule has 0 unspecified atom stereocenters. The average Bonchev–Trinajstić information content (AvgIpc) is 2.38. The highest BCUT2D eigenvalue weighted by Gasteiger charge is 2.05. The summed E-state index contributed by atoms with van der Waals surface area (Å²) in [5.41, 5.74) is 13.9. The van der Waals surface area contributed by atoms with E-state index in [9.17, 15) is 4.79 Å². The molecule has 0 bridgehead atoms. The quantitative estimate of drug-likeness (QED) is 0.509. The minimum Gasteiger partial charge on any atom is -0.484 e. The van der Waals surface area contributed by atoms with Crippen LogP contribution in [0, 0.1) is 13.8 Å². The van der Waals surface area contributed by atoms with Crippen molar-refractivity contribution < 1.29 is 9.53 Å². The number of hydrogen-bond acceptors (Lipinski definition) is 4. The second kappa shape index (κ2) is 7.63. The van der Waals surface area contributed by atoms with E-state index < -0.39 is 0 Å². The van der Waals surface area contributed by atoms with Gasteiger partial charge >= 0.3 is 0 Å². The molecule has 1 aromatic carbocycles. The van der Waals surface area contributed by atoms with Gasteiger partial charge in [0.25, 0.3) is 5.91 Å². The highest BCUT2D eigenvalue weighted by molar-refractivity contribution is 5.77. The summed E-state index contributed by atoms with van der Waals surface area (Å²) in [5.74, 6) is 0.547. The number of carbonyl (C=O) groups excluding carboxylic acids is 1. The monoisotopic (exact) mass is 265 g/mol. The van der Waals surface area contributed by atoms with E-state index in [2.05, 4.69) is 5.32 Å². The highest BCUT2D eigenvalue weighted by atomic mass is 16.5. The fourth-order valence-corrected chi connectivity index (χ4v) is 1.72. The maximum absolute atomic E-state index is 11.5. The molecule has 1 amide bonds. The van der Waals surface area contributed by atoms with E-state index >= 15 is 0 Å². The molecule has 5 nitrogen and oxygen atoms in total. The smallest absolute Gasteiger partial charge is 0.257 e. The van der Waals surface area contributed by atoms with E-state index in [-0.39, 0.29) is 12.5 Å². The lowest BCUT2D eigenvalue weighted by Gasteiger charge is -2.11. The van der Waals surface area contributed by atoms with Crippen LogP contribution in [-0.2, 0) is 4.79 Å². The topological polar surface area (TPSA) is 90.4 Å². The molecule has 5 heteroatoms. The Morgan fingerprint density at radius 2 is 1.89 bits per heavy atom. The van der Waals surface area contributed by atoms with Gasteiger partial charge in [0.2, 0.25) is 0 Å². The number of nitrogens with two attached hydrogens (primary N) is 2. The molecule has 0 fully saturated rings. The van der Waals surface area contributed by atoms with Gasteiger partial charge in [-0.1, -0.05) is 0 Å². The van der Waals surface area contributed by atoms with Crippen molar-refractivity contribution in [3.63, 3.8) is 0 Å². The van der Waals surface area contributed by atoms with Crippen molar-refractivity contribution in [1.29, 1.82) is 0 Å². The number of benzene rings is 1. The molecule has 0 radical (unpaired) electrons. The molecule has 0 aliphatic carbocycles. The van der Waals surface area contributed by atoms with Crippen molar-refractivity contribution in [2.45, 2.75) is 26.7 Å². The lowest BCUT2D eigenvalue weighted by Crippen LogP contribution is -2.30. The second-order valence-electron chi connectivity index (χ2n) is 4.61. The lowest BCUT2D eigenvalue weighted by molar-refractivity contribution is -0.123. The van der Waals surface area contributed by atoms with Crippen LogP contribution in [0.1, 0.15) is 24.0 Å². The summed E-state index contributed by atoms with van der Waals surface area (Å²) in [6.45, 7) is 5.14. The SMILES string of the molecule is Cc1cc(OCC(=O)NCCCCN)cc(C)c1N. The molecule has 0 heterocycles. The van der Waals surface area contributed by atoms with Crippen molar-refractivity contribution in [3.05, 3.63) is 23.3 Å². The van der Waals surface area contributed by atoms with Gasteiger partial charge in [0.05, 0.1) is 0 Å². The number of unbranched alkanes of at least 4 members (excludes halogenated alkanes) is 1. The molecule has 1 aromatic rings. The Labute approximate surface area is 114 Å². The van der Waals surface area contributed by atoms with Gasteiger partial charge in [-0.2, -0.15) is 0 Å². The molecular weight excluding hydrogens is 242 g/mol. The van der Waals surface area contributed by atoms with Gasteiger partial charge < -0.3 is 21.5 Å². The molecule has 0 atom stereocenters. The molecule has 0 aliphatic rings. The zero-order valence-corrected chi connectivity index (χ0v) is 11.7.